The highest BCUT2D eigenvalue weighted by Crippen LogP contribution is 2.10. The number of carbonyl (C=O) groups excluding carboxylic acids is 1. The average Bonchev–Trinajstić information content (AvgIpc) is 2.51. The Hall–Kier alpha value is -1.19. The molecule has 1 aromatic rings. The van der Waals surface area contributed by atoms with Gasteiger partial charge < -0.3 is 4.74 Å². The first-order chi connectivity index (χ1) is 10.1. The standard InChI is InChI=1S/C18H29NO2/c1-5-7-16-8-10-17(11-9-16)18(20)14-19(12-13-21-4)15(3)6-2/h8-11,15H,5-7,12-14H2,1-4H3. The predicted octanol–water partition coefficient (Wildman–Crippen LogP) is 3.57. The lowest BCUT2D eigenvalue weighted by atomic mass is 10.0. The highest BCUT2D eigenvalue weighted by molar-refractivity contribution is 5.97. The zero-order valence-electron chi connectivity index (χ0n) is 13.9. The minimum Gasteiger partial charge on any atom is -0.383 e. The Morgan fingerprint density at radius 2 is 1.90 bits per heavy atom. The molecule has 0 radical (unpaired) electrons. The summed E-state index contributed by atoms with van der Waals surface area (Å²) >= 11 is 0. The van der Waals surface area contributed by atoms with Crippen molar-refractivity contribution in [2.24, 2.45) is 0 Å². The van der Waals surface area contributed by atoms with Crippen molar-refractivity contribution in [3.05, 3.63) is 35.4 Å². The summed E-state index contributed by atoms with van der Waals surface area (Å²) in [7, 11) is 1.70. The van der Waals surface area contributed by atoms with Crippen molar-refractivity contribution in [2.75, 3.05) is 26.8 Å². The number of hydrogen-bond acceptors (Lipinski definition) is 3. The number of methoxy groups -OCH3 is 1. The lowest BCUT2D eigenvalue weighted by molar-refractivity contribution is 0.0834. The summed E-state index contributed by atoms with van der Waals surface area (Å²) in [5, 5.41) is 0. The van der Waals surface area contributed by atoms with E-state index in [1.54, 1.807) is 7.11 Å². The van der Waals surface area contributed by atoms with Gasteiger partial charge in [0.25, 0.3) is 0 Å². The fraction of sp³-hybridized carbons (Fsp3) is 0.611. The fourth-order valence-electron chi connectivity index (χ4n) is 2.34. The molecule has 0 aliphatic heterocycles. The maximum atomic E-state index is 12.4. The first-order valence-corrected chi connectivity index (χ1v) is 7.97. The summed E-state index contributed by atoms with van der Waals surface area (Å²) in [4.78, 5) is 14.6. The molecule has 1 unspecified atom stereocenters. The first-order valence-electron chi connectivity index (χ1n) is 7.97. The number of Topliss-reactive ketones (excluding diaryl/α,β-unsaturated/α-hetero) is 1. The fourth-order valence-corrected chi connectivity index (χ4v) is 2.34. The Kier molecular flexibility index (Phi) is 8.24. The van der Waals surface area contributed by atoms with Crippen LogP contribution in [0.25, 0.3) is 0 Å². The summed E-state index contributed by atoms with van der Waals surface area (Å²) in [6.07, 6.45) is 3.24. The largest absolute Gasteiger partial charge is 0.383 e. The van der Waals surface area contributed by atoms with Crippen molar-refractivity contribution in [1.82, 2.24) is 4.90 Å². The molecule has 0 amide bonds. The number of aryl methyl sites for hydroxylation is 1. The van der Waals surface area contributed by atoms with E-state index in [2.05, 4.69) is 37.8 Å². The molecule has 0 aromatic heterocycles. The average molecular weight is 291 g/mol. The molecule has 0 aliphatic rings. The second-order valence-electron chi connectivity index (χ2n) is 5.59. The highest BCUT2D eigenvalue weighted by atomic mass is 16.5. The van der Waals surface area contributed by atoms with Gasteiger partial charge in [0.1, 0.15) is 0 Å². The number of hydrogen-bond donors (Lipinski definition) is 0. The molecule has 0 fully saturated rings. The summed E-state index contributed by atoms with van der Waals surface area (Å²) in [6, 6.07) is 8.44. The van der Waals surface area contributed by atoms with E-state index in [9.17, 15) is 4.79 Å². The normalized spacial score (nSPS) is 12.6. The van der Waals surface area contributed by atoms with Gasteiger partial charge in [-0.05, 0) is 25.3 Å². The molecule has 0 saturated heterocycles. The van der Waals surface area contributed by atoms with Gasteiger partial charge >= 0.3 is 0 Å². The molecule has 0 spiro atoms. The van der Waals surface area contributed by atoms with Gasteiger partial charge in [-0.25, -0.2) is 0 Å². The maximum absolute atomic E-state index is 12.4. The third-order valence-corrected chi connectivity index (χ3v) is 3.96. The predicted molar refractivity (Wildman–Crippen MR) is 88.0 cm³/mol. The molecular formula is C18H29NO2. The van der Waals surface area contributed by atoms with Crippen LogP contribution in [0.3, 0.4) is 0 Å². The van der Waals surface area contributed by atoms with Crippen molar-refractivity contribution >= 4 is 5.78 Å². The van der Waals surface area contributed by atoms with E-state index in [-0.39, 0.29) is 5.78 Å². The van der Waals surface area contributed by atoms with Crippen LogP contribution in [0.2, 0.25) is 0 Å². The smallest absolute Gasteiger partial charge is 0.176 e. The second kappa shape index (κ2) is 9.69. The molecular weight excluding hydrogens is 262 g/mol. The third kappa shape index (κ3) is 5.98. The van der Waals surface area contributed by atoms with Crippen molar-refractivity contribution in [3.63, 3.8) is 0 Å². The van der Waals surface area contributed by atoms with Crippen LogP contribution in [-0.4, -0.2) is 43.5 Å². The molecule has 3 nitrogen and oxygen atoms in total. The molecule has 1 atom stereocenters. The SMILES string of the molecule is CCCc1ccc(C(=O)CN(CCOC)C(C)CC)cc1. The molecule has 0 aliphatic carbocycles. The molecule has 1 rings (SSSR count). The van der Waals surface area contributed by atoms with Gasteiger partial charge in [0.15, 0.2) is 5.78 Å². The lowest BCUT2D eigenvalue weighted by Gasteiger charge is -2.27. The first kappa shape index (κ1) is 17.9. The van der Waals surface area contributed by atoms with Gasteiger partial charge in [-0.2, -0.15) is 0 Å². The quantitative estimate of drug-likeness (QED) is 0.617. The van der Waals surface area contributed by atoms with E-state index >= 15 is 0 Å². The molecule has 21 heavy (non-hydrogen) atoms. The van der Waals surface area contributed by atoms with Crippen molar-refractivity contribution < 1.29 is 9.53 Å². The molecule has 1 aromatic carbocycles. The Bertz CT molecular complexity index is 414. The summed E-state index contributed by atoms with van der Waals surface area (Å²) < 4.78 is 5.14. The molecule has 118 valence electrons. The molecule has 0 heterocycles. The molecule has 0 bridgehead atoms. The Labute approximate surface area is 129 Å². The number of ether oxygens (including phenoxy) is 1. The minimum absolute atomic E-state index is 0.189. The van der Waals surface area contributed by atoms with Gasteiger partial charge in [-0.1, -0.05) is 44.5 Å². The van der Waals surface area contributed by atoms with Crippen LogP contribution >= 0.6 is 0 Å². The minimum atomic E-state index is 0.189. The summed E-state index contributed by atoms with van der Waals surface area (Å²) in [6.45, 7) is 8.39. The molecule has 0 saturated carbocycles. The van der Waals surface area contributed by atoms with Crippen LogP contribution < -0.4 is 0 Å². The van der Waals surface area contributed by atoms with Crippen LogP contribution in [0, 0.1) is 0 Å². The number of carbonyl (C=O) groups is 1. The van der Waals surface area contributed by atoms with E-state index in [0.29, 0.717) is 19.2 Å². The molecule has 0 N–H and O–H groups in total. The van der Waals surface area contributed by atoms with E-state index < -0.39 is 0 Å². The van der Waals surface area contributed by atoms with Crippen molar-refractivity contribution in [3.8, 4) is 0 Å². The van der Waals surface area contributed by atoms with E-state index in [4.69, 9.17) is 4.74 Å². The molecule has 3 heteroatoms. The Balaban J connectivity index is 2.67. The van der Waals surface area contributed by atoms with Gasteiger partial charge in [0.05, 0.1) is 13.2 Å². The number of nitrogens with zero attached hydrogens (tertiary/aromatic N) is 1. The van der Waals surface area contributed by atoms with Gasteiger partial charge in [0, 0.05) is 25.3 Å². The third-order valence-electron chi connectivity index (χ3n) is 3.96. The topological polar surface area (TPSA) is 29.5 Å². The maximum Gasteiger partial charge on any atom is 0.176 e. The van der Waals surface area contributed by atoms with Crippen LogP contribution in [-0.2, 0) is 11.2 Å². The van der Waals surface area contributed by atoms with E-state index in [1.807, 2.05) is 12.1 Å². The summed E-state index contributed by atoms with van der Waals surface area (Å²) in [5.74, 6) is 0.189. The zero-order chi connectivity index (χ0) is 15.7. The van der Waals surface area contributed by atoms with Crippen LogP contribution in [0.4, 0.5) is 0 Å². The number of rotatable bonds is 10. The van der Waals surface area contributed by atoms with E-state index in [0.717, 1.165) is 31.4 Å². The van der Waals surface area contributed by atoms with E-state index in [1.165, 1.54) is 5.56 Å². The van der Waals surface area contributed by atoms with Crippen LogP contribution in [0.5, 0.6) is 0 Å². The van der Waals surface area contributed by atoms with Crippen LogP contribution in [0.15, 0.2) is 24.3 Å². The van der Waals surface area contributed by atoms with Gasteiger partial charge in [-0.3, -0.25) is 9.69 Å². The Morgan fingerprint density at radius 3 is 2.43 bits per heavy atom. The Morgan fingerprint density at radius 1 is 1.24 bits per heavy atom. The second-order valence-corrected chi connectivity index (χ2v) is 5.59. The lowest BCUT2D eigenvalue weighted by Crippen LogP contribution is -2.39. The number of benzene rings is 1. The zero-order valence-corrected chi connectivity index (χ0v) is 13.9. The highest BCUT2D eigenvalue weighted by Gasteiger charge is 2.16. The monoisotopic (exact) mass is 291 g/mol. The van der Waals surface area contributed by atoms with Gasteiger partial charge in [-0.15, -0.1) is 0 Å². The van der Waals surface area contributed by atoms with Gasteiger partial charge in [0.2, 0.25) is 0 Å². The van der Waals surface area contributed by atoms with Crippen molar-refractivity contribution in [2.45, 2.75) is 46.1 Å². The van der Waals surface area contributed by atoms with Crippen molar-refractivity contribution in [1.29, 1.82) is 0 Å². The summed E-state index contributed by atoms with van der Waals surface area (Å²) in [5.41, 5.74) is 2.10. The number of ketones is 1. The van der Waals surface area contributed by atoms with Crippen LogP contribution in [0.1, 0.15) is 49.5 Å².